The number of hydrogen-bond donors (Lipinski definition) is 2. The van der Waals surface area contributed by atoms with Gasteiger partial charge in [-0.15, -0.1) is 0 Å². The van der Waals surface area contributed by atoms with Crippen LogP contribution < -0.4 is 10.6 Å². The maximum absolute atomic E-state index is 11.7. The van der Waals surface area contributed by atoms with Crippen LogP contribution in [0.1, 0.15) is 5.69 Å². The van der Waals surface area contributed by atoms with Gasteiger partial charge in [-0.2, -0.15) is 0 Å². The van der Waals surface area contributed by atoms with E-state index in [0.29, 0.717) is 12.2 Å². The molecule has 2 aromatic rings. The minimum Gasteiger partial charge on any atom is -0.332 e. The van der Waals surface area contributed by atoms with E-state index >= 15 is 0 Å². The number of amides is 2. The number of nitrogens with one attached hydrogen (secondary N) is 2. The number of hydrogen-bond acceptors (Lipinski definition) is 4. The Labute approximate surface area is 126 Å². The molecule has 0 atom stereocenters. The van der Waals surface area contributed by atoms with Crippen molar-refractivity contribution in [1.29, 1.82) is 0 Å². The fourth-order valence-electron chi connectivity index (χ4n) is 1.55. The van der Waals surface area contributed by atoms with Gasteiger partial charge in [0.2, 0.25) is 0 Å². The molecule has 0 aliphatic heterocycles. The van der Waals surface area contributed by atoms with Crippen LogP contribution in [0.15, 0.2) is 53.6 Å². The number of carbonyl (C=O) groups is 1. The number of benzene rings is 1. The Morgan fingerprint density at radius 2 is 1.86 bits per heavy atom. The largest absolute Gasteiger partial charge is 0.332 e. The Morgan fingerprint density at radius 1 is 1.14 bits per heavy atom. The van der Waals surface area contributed by atoms with Gasteiger partial charge < -0.3 is 10.6 Å². The number of pyridine rings is 1. The van der Waals surface area contributed by atoms with E-state index in [1.807, 2.05) is 6.07 Å². The van der Waals surface area contributed by atoms with Crippen LogP contribution in [0, 0.1) is 0 Å². The Balaban J connectivity index is 1.91. The predicted molar refractivity (Wildman–Crippen MR) is 79.6 cm³/mol. The van der Waals surface area contributed by atoms with Crippen LogP contribution in [0.3, 0.4) is 0 Å². The fourth-order valence-corrected chi connectivity index (χ4v) is 2.32. The molecule has 0 saturated carbocycles. The highest BCUT2D eigenvalue weighted by Gasteiger charge is 2.09. The molecule has 0 spiro atoms. The number of halogens is 1. The van der Waals surface area contributed by atoms with Crippen molar-refractivity contribution >= 4 is 31.5 Å². The Morgan fingerprint density at radius 3 is 2.43 bits per heavy atom. The number of nitrogens with zero attached hydrogens (tertiary/aromatic N) is 1. The molecule has 0 fully saturated rings. The van der Waals surface area contributed by atoms with E-state index in [1.54, 1.807) is 18.3 Å². The van der Waals surface area contributed by atoms with E-state index in [-0.39, 0.29) is 4.90 Å². The lowest BCUT2D eigenvalue weighted by atomic mass is 10.3. The summed E-state index contributed by atoms with van der Waals surface area (Å²) in [6.45, 7) is 0.292. The first-order chi connectivity index (χ1) is 9.95. The first kappa shape index (κ1) is 15.3. The van der Waals surface area contributed by atoms with Gasteiger partial charge in [0.15, 0.2) is 0 Å². The zero-order chi connectivity index (χ0) is 15.3. The molecule has 1 heterocycles. The van der Waals surface area contributed by atoms with E-state index in [1.165, 1.54) is 24.3 Å². The summed E-state index contributed by atoms with van der Waals surface area (Å²) in [4.78, 5) is 15.7. The zero-order valence-corrected chi connectivity index (χ0v) is 12.4. The molecule has 21 heavy (non-hydrogen) atoms. The smallest absolute Gasteiger partial charge is 0.319 e. The van der Waals surface area contributed by atoms with E-state index in [0.717, 1.165) is 5.69 Å². The first-order valence-corrected chi connectivity index (χ1v) is 8.25. The number of anilines is 1. The van der Waals surface area contributed by atoms with Crippen LogP contribution in [0.25, 0.3) is 0 Å². The van der Waals surface area contributed by atoms with Crippen LogP contribution in [0.5, 0.6) is 0 Å². The molecule has 0 aliphatic carbocycles. The van der Waals surface area contributed by atoms with Crippen molar-refractivity contribution in [2.45, 2.75) is 11.4 Å². The van der Waals surface area contributed by atoms with Gasteiger partial charge in [0.05, 0.1) is 17.1 Å². The minimum absolute atomic E-state index is 0.0244. The highest BCUT2D eigenvalue weighted by Crippen LogP contribution is 2.17. The van der Waals surface area contributed by atoms with Crippen molar-refractivity contribution in [2.24, 2.45) is 0 Å². The molecule has 0 unspecified atom stereocenters. The summed E-state index contributed by atoms with van der Waals surface area (Å²) in [6.07, 6.45) is 1.64. The van der Waals surface area contributed by atoms with Crippen molar-refractivity contribution in [3.8, 4) is 0 Å². The lowest BCUT2D eigenvalue weighted by Crippen LogP contribution is -2.28. The summed E-state index contributed by atoms with van der Waals surface area (Å²) in [5.74, 6) is 0. The highest BCUT2D eigenvalue weighted by atomic mass is 35.7. The Bertz CT molecular complexity index is 718. The molecule has 110 valence electrons. The van der Waals surface area contributed by atoms with Crippen LogP contribution in [0.4, 0.5) is 10.5 Å². The topological polar surface area (TPSA) is 88.2 Å². The summed E-state index contributed by atoms with van der Waals surface area (Å²) in [5.41, 5.74) is 1.19. The summed E-state index contributed by atoms with van der Waals surface area (Å²) < 4.78 is 22.2. The van der Waals surface area contributed by atoms with Crippen LogP contribution in [-0.4, -0.2) is 19.4 Å². The second-order valence-electron chi connectivity index (χ2n) is 4.09. The molecular formula is C13H12ClN3O3S. The molecule has 8 heteroatoms. The SMILES string of the molecule is O=C(NCc1ccccn1)Nc1ccc(S(=O)(=O)Cl)cc1. The monoisotopic (exact) mass is 325 g/mol. The first-order valence-electron chi connectivity index (χ1n) is 5.94. The molecular weight excluding hydrogens is 314 g/mol. The number of carbonyl (C=O) groups excluding carboxylic acids is 1. The van der Waals surface area contributed by atoms with Gasteiger partial charge in [0.25, 0.3) is 9.05 Å². The summed E-state index contributed by atoms with van der Waals surface area (Å²) in [7, 11) is 1.44. The van der Waals surface area contributed by atoms with Gasteiger partial charge in [-0.05, 0) is 36.4 Å². The van der Waals surface area contributed by atoms with Gasteiger partial charge in [-0.1, -0.05) is 6.07 Å². The molecule has 0 bridgehead atoms. The van der Waals surface area contributed by atoms with E-state index in [9.17, 15) is 13.2 Å². The number of rotatable bonds is 4. The van der Waals surface area contributed by atoms with Crippen molar-refractivity contribution in [3.05, 3.63) is 54.4 Å². The normalized spacial score (nSPS) is 10.9. The second-order valence-corrected chi connectivity index (χ2v) is 6.66. The van der Waals surface area contributed by atoms with Crippen LogP contribution >= 0.6 is 10.7 Å². The van der Waals surface area contributed by atoms with Crippen molar-refractivity contribution in [2.75, 3.05) is 5.32 Å². The van der Waals surface area contributed by atoms with Crippen LogP contribution in [0.2, 0.25) is 0 Å². The lowest BCUT2D eigenvalue weighted by Gasteiger charge is -2.07. The summed E-state index contributed by atoms with van der Waals surface area (Å²) >= 11 is 0. The Kier molecular flexibility index (Phi) is 4.77. The van der Waals surface area contributed by atoms with Gasteiger partial charge in [-0.25, -0.2) is 13.2 Å². The Hall–Kier alpha value is -2.12. The summed E-state index contributed by atoms with van der Waals surface area (Å²) in [6, 6.07) is 10.5. The number of urea groups is 1. The molecule has 2 N–H and O–H groups in total. The molecule has 0 radical (unpaired) electrons. The molecule has 2 rings (SSSR count). The summed E-state index contributed by atoms with van der Waals surface area (Å²) in [5, 5.41) is 5.21. The lowest BCUT2D eigenvalue weighted by molar-refractivity contribution is 0.251. The molecule has 0 saturated heterocycles. The van der Waals surface area contributed by atoms with Crippen LogP contribution in [-0.2, 0) is 15.6 Å². The number of aromatic nitrogens is 1. The van der Waals surface area contributed by atoms with E-state index in [4.69, 9.17) is 10.7 Å². The third-order valence-electron chi connectivity index (χ3n) is 2.55. The molecule has 1 aromatic carbocycles. The predicted octanol–water partition coefficient (Wildman–Crippen LogP) is 2.33. The van der Waals surface area contributed by atoms with E-state index in [2.05, 4.69) is 15.6 Å². The highest BCUT2D eigenvalue weighted by molar-refractivity contribution is 8.13. The van der Waals surface area contributed by atoms with Gasteiger partial charge in [0.1, 0.15) is 0 Å². The third kappa shape index (κ3) is 4.73. The van der Waals surface area contributed by atoms with Gasteiger partial charge in [0, 0.05) is 22.6 Å². The molecule has 1 aromatic heterocycles. The zero-order valence-electron chi connectivity index (χ0n) is 10.8. The van der Waals surface area contributed by atoms with Gasteiger partial charge >= 0.3 is 6.03 Å². The van der Waals surface area contributed by atoms with Crippen molar-refractivity contribution in [1.82, 2.24) is 10.3 Å². The molecule has 0 aliphatic rings. The third-order valence-corrected chi connectivity index (χ3v) is 3.92. The average molecular weight is 326 g/mol. The quantitative estimate of drug-likeness (QED) is 0.844. The fraction of sp³-hybridized carbons (Fsp3) is 0.0769. The molecule has 6 nitrogen and oxygen atoms in total. The van der Waals surface area contributed by atoms with Crippen molar-refractivity contribution in [3.63, 3.8) is 0 Å². The average Bonchev–Trinajstić information content (AvgIpc) is 2.46. The minimum atomic E-state index is -3.76. The standard InChI is InChI=1S/C13H12ClN3O3S/c14-21(19,20)12-6-4-10(5-7-12)17-13(18)16-9-11-3-1-2-8-15-11/h1-8H,9H2,(H2,16,17,18). The van der Waals surface area contributed by atoms with Gasteiger partial charge in [-0.3, -0.25) is 4.98 Å². The maximum atomic E-state index is 11.7. The van der Waals surface area contributed by atoms with Crippen molar-refractivity contribution < 1.29 is 13.2 Å². The van der Waals surface area contributed by atoms with E-state index < -0.39 is 15.1 Å². The second kappa shape index (κ2) is 6.55. The molecule has 2 amide bonds. The maximum Gasteiger partial charge on any atom is 0.319 e.